The SMILES string of the molecule is CCCNCC(C)(CC)Oc1c(C)ccc(C)c1C. The Morgan fingerprint density at radius 3 is 2.32 bits per heavy atom. The molecule has 1 rings (SSSR count). The van der Waals surface area contributed by atoms with Gasteiger partial charge in [-0.25, -0.2) is 0 Å². The van der Waals surface area contributed by atoms with Gasteiger partial charge in [-0.3, -0.25) is 0 Å². The molecule has 0 radical (unpaired) electrons. The van der Waals surface area contributed by atoms with Gasteiger partial charge in [0.1, 0.15) is 11.4 Å². The summed E-state index contributed by atoms with van der Waals surface area (Å²) in [5.74, 6) is 1.06. The van der Waals surface area contributed by atoms with E-state index in [9.17, 15) is 0 Å². The lowest BCUT2D eigenvalue weighted by molar-refractivity contribution is 0.0820. The minimum Gasteiger partial charge on any atom is -0.486 e. The van der Waals surface area contributed by atoms with Crippen LogP contribution in [0.4, 0.5) is 0 Å². The van der Waals surface area contributed by atoms with E-state index >= 15 is 0 Å². The van der Waals surface area contributed by atoms with E-state index in [2.05, 4.69) is 59.0 Å². The lowest BCUT2D eigenvalue weighted by Gasteiger charge is -2.32. The maximum absolute atomic E-state index is 6.38. The monoisotopic (exact) mass is 263 g/mol. The van der Waals surface area contributed by atoms with Gasteiger partial charge in [-0.05, 0) is 63.8 Å². The third kappa shape index (κ3) is 4.24. The number of aryl methyl sites for hydroxylation is 2. The standard InChI is InChI=1S/C17H29NO/c1-7-11-18-12-17(6,8-2)19-16-14(4)10-9-13(3)15(16)5/h9-10,18H,7-8,11-12H2,1-6H3. The summed E-state index contributed by atoms with van der Waals surface area (Å²) in [6, 6.07) is 4.31. The Hall–Kier alpha value is -1.02. The zero-order valence-electron chi connectivity index (χ0n) is 13.4. The topological polar surface area (TPSA) is 21.3 Å². The van der Waals surface area contributed by atoms with Crippen LogP contribution in [0.25, 0.3) is 0 Å². The normalized spacial score (nSPS) is 14.2. The number of hydrogen-bond acceptors (Lipinski definition) is 2. The van der Waals surface area contributed by atoms with Crippen molar-refractivity contribution in [1.82, 2.24) is 5.32 Å². The average Bonchev–Trinajstić information content (AvgIpc) is 2.40. The lowest BCUT2D eigenvalue weighted by Crippen LogP contribution is -2.43. The van der Waals surface area contributed by atoms with Gasteiger partial charge in [0, 0.05) is 6.54 Å². The molecule has 1 aromatic rings. The quantitative estimate of drug-likeness (QED) is 0.746. The van der Waals surface area contributed by atoms with Crippen LogP contribution in [-0.2, 0) is 0 Å². The van der Waals surface area contributed by atoms with E-state index in [-0.39, 0.29) is 5.60 Å². The van der Waals surface area contributed by atoms with Gasteiger partial charge in [-0.15, -0.1) is 0 Å². The van der Waals surface area contributed by atoms with Crippen LogP contribution in [0.2, 0.25) is 0 Å². The van der Waals surface area contributed by atoms with E-state index in [1.807, 2.05) is 0 Å². The average molecular weight is 263 g/mol. The van der Waals surface area contributed by atoms with Crippen molar-refractivity contribution in [3.05, 3.63) is 28.8 Å². The summed E-state index contributed by atoms with van der Waals surface area (Å²) in [6.45, 7) is 14.9. The number of hydrogen-bond donors (Lipinski definition) is 1. The van der Waals surface area contributed by atoms with Gasteiger partial charge in [-0.1, -0.05) is 26.0 Å². The Kier molecular flexibility index (Phi) is 5.86. The predicted octanol–water partition coefficient (Wildman–Crippen LogP) is 4.16. The summed E-state index contributed by atoms with van der Waals surface area (Å²) < 4.78 is 6.38. The van der Waals surface area contributed by atoms with Crippen molar-refractivity contribution in [3.63, 3.8) is 0 Å². The molecule has 1 aromatic carbocycles. The van der Waals surface area contributed by atoms with Crippen molar-refractivity contribution < 1.29 is 4.74 Å². The first-order valence-electron chi connectivity index (χ1n) is 7.40. The van der Waals surface area contributed by atoms with Crippen molar-refractivity contribution in [2.45, 2.75) is 60.0 Å². The smallest absolute Gasteiger partial charge is 0.126 e. The van der Waals surface area contributed by atoms with Crippen LogP contribution in [0, 0.1) is 20.8 Å². The van der Waals surface area contributed by atoms with Gasteiger partial charge in [0.15, 0.2) is 0 Å². The third-order valence-electron chi connectivity index (χ3n) is 3.90. The zero-order chi connectivity index (χ0) is 14.5. The first kappa shape index (κ1) is 16.0. The van der Waals surface area contributed by atoms with Crippen LogP contribution in [0.3, 0.4) is 0 Å². The van der Waals surface area contributed by atoms with Crippen molar-refractivity contribution in [2.75, 3.05) is 13.1 Å². The van der Waals surface area contributed by atoms with Gasteiger partial charge in [-0.2, -0.15) is 0 Å². The molecule has 2 heteroatoms. The molecule has 0 aliphatic rings. The minimum absolute atomic E-state index is 0.140. The fraction of sp³-hybridized carbons (Fsp3) is 0.647. The van der Waals surface area contributed by atoms with Crippen LogP contribution in [0.15, 0.2) is 12.1 Å². The first-order valence-corrected chi connectivity index (χ1v) is 7.40. The highest BCUT2D eigenvalue weighted by molar-refractivity contribution is 5.44. The van der Waals surface area contributed by atoms with Crippen molar-refractivity contribution >= 4 is 0 Å². The van der Waals surface area contributed by atoms with Gasteiger partial charge in [0.05, 0.1) is 0 Å². The molecule has 0 spiro atoms. The second-order valence-electron chi connectivity index (χ2n) is 5.74. The van der Waals surface area contributed by atoms with Crippen molar-refractivity contribution in [1.29, 1.82) is 0 Å². The maximum Gasteiger partial charge on any atom is 0.126 e. The second kappa shape index (κ2) is 6.95. The molecule has 0 bridgehead atoms. The highest BCUT2D eigenvalue weighted by Crippen LogP contribution is 2.30. The minimum atomic E-state index is -0.140. The van der Waals surface area contributed by atoms with Gasteiger partial charge in [0.25, 0.3) is 0 Å². The van der Waals surface area contributed by atoms with E-state index in [0.29, 0.717) is 0 Å². The van der Waals surface area contributed by atoms with Crippen LogP contribution in [-0.4, -0.2) is 18.7 Å². The van der Waals surface area contributed by atoms with Crippen LogP contribution in [0.5, 0.6) is 5.75 Å². The molecule has 1 unspecified atom stereocenters. The molecule has 1 N–H and O–H groups in total. The van der Waals surface area contributed by atoms with E-state index in [1.165, 1.54) is 16.7 Å². The molecule has 0 heterocycles. The summed E-state index contributed by atoms with van der Waals surface area (Å²) in [5, 5.41) is 3.48. The molecule has 0 saturated heterocycles. The first-order chi connectivity index (χ1) is 8.93. The summed E-state index contributed by atoms with van der Waals surface area (Å²) in [7, 11) is 0. The van der Waals surface area contributed by atoms with E-state index in [4.69, 9.17) is 4.74 Å². The Balaban J connectivity index is 2.89. The lowest BCUT2D eigenvalue weighted by atomic mass is 10.0. The van der Waals surface area contributed by atoms with Crippen LogP contribution in [0.1, 0.15) is 50.3 Å². The Morgan fingerprint density at radius 2 is 1.74 bits per heavy atom. The predicted molar refractivity (Wildman–Crippen MR) is 83.1 cm³/mol. The van der Waals surface area contributed by atoms with E-state index < -0.39 is 0 Å². The van der Waals surface area contributed by atoms with Crippen molar-refractivity contribution in [3.8, 4) is 5.75 Å². The molecular formula is C17H29NO. The number of nitrogens with one attached hydrogen (secondary N) is 1. The van der Waals surface area contributed by atoms with E-state index in [0.717, 1.165) is 31.7 Å². The number of benzene rings is 1. The molecular weight excluding hydrogens is 234 g/mol. The molecule has 0 amide bonds. The Morgan fingerprint density at radius 1 is 1.11 bits per heavy atom. The van der Waals surface area contributed by atoms with Crippen molar-refractivity contribution in [2.24, 2.45) is 0 Å². The largest absolute Gasteiger partial charge is 0.486 e. The summed E-state index contributed by atoms with van der Waals surface area (Å²) >= 11 is 0. The Labute approximate surface area is 118 Å². The fourth-order valence-corrected chi connectivity index (χ4v) is 2.09. The molecule has 19 heavy (non-hydrogen) atoms. The molecule has 1 atom stereocenters. The Bertz CT molecular complexity index is 414. The van der Waals surface area contributed by atoms with Gasteiger partial charge < -0.3 is 10.1 Å². The summed E-state index contributed by atoms with van der Waals surface area (Å²) in [6.07, 6.45) is 2.15. The highest BCUT2D eigenvalue weighted by atomic mass is 16.5. The summed E-state index contributed by atoms with van der Waals surface area (Å²) in [4.78, 5) is 0. The van der Waals surface area contributed by atoms with Crippen LogP contribution < -0.4 is 10.1 Å². The maximum atomic E-state index is 6.38. The fourth-order valence-electron chi connectivity index (χ4n) is 2.09. The zero-order valence-corrected chi connectivity index (χ0v) is 13.4. The molecule has 0 aromatic heterocycles. The summed E-state index contributed by atoms with van der Waals surface area (Å²) in [5.41, 5.74) is 3.63. The molecule has 0 fully saturated rings. The molecule has 2 nitrogen and oxygen atoms in total. The van der Waals surface area contributed by atoms with Crippen LogP contribution >= 0.6 is 0 Å². The van der Waals surface area contributed by atoms with Gasteiger partial charge in [0.2, 0.25) is 0 Å². The van der Waals surface area contributed by atoms with E-state index in [1.54, 1.807) is 0 Å². The number of ether oxygens (including phenoxy) is 1. The molecule has 0 aliphatic carbocycles. The second-order valence-corrected chi connectivity index (χ2v) is 5.74. The number of rotatable bonds is 7. The van der Waals surface area contributed by atoms with Gasteiger partial charge >= 0.3 is 0 Å². The molecule has 0 saturated carbocycles. The molecule has 108 valence electrons. The highest BCUT2D eigenvalue weighted by Gasteiger charge is 2.25. The third-order valence-corrected chi connectivity index (χ3v) is 3.90. The molecule has 0 aliphatic heterocycles.